The molecule has 0 saturated carbocycles. The molecule has 2 atom stereocenters. The fourth-order valence-corrected chi connectivity index (χ4v) is 2.53. The van der Waals surface area contributed by atoms with Gasteiger partial charge < -0.3 is 10.1 Å². The van der Waals surface area contributed by atoms with Gasteiger partial charge in [0.15, 0.2) is 0 Å². The molecule has 1 fully saturated rings. The molecule has 0 bridgehead atoms. The van der Waals surface area contributed by atoms with E-state index in [1.54, 1.807) is 0 Å². The number of rotatable bonds is 3. The van der Waals surface area contributed by atoms with Crippen molar-refractivity contribution in [2.45, 2.75) is 27.2 Å². The van der Waals surface area contributed by atoms with Crippen molar-refractivity contribution in [1.29, 1.82) is 0 Å². The zero-order chi connectivity index (χ0) is 10.8. The molecule has 0 aromatic heterocycles. The van der Waals surface area contributed by atoms with Crippen molar-refractivity contribution in [3.63, 3.8) is 0 Å². The molecule has 14 heavy (non-hydrogen) atoms. The minimum atomic E-state index is -0.0712. The Hall–Kier alpha value is -0.570. The molecule has 1 aliphatic heterocycles. The molecule has 0 aliphatic carbocycles. The van der Waals surface area contributed by atoms with Gasteiger partial charge in [0.2, 0.25) is 0 Å². The normalized spacial score (nSPS) is 32.2. The summed E-state index contributed by atoms with van der Waals surface area (Å²) >= 11 is 0. The molecule has 1 N–H and O–H groups in total. The van der Waals surface area contributed by atoms with Crippen LogP contribution >= 0.6 is 0 Å². The number of ether oxygens (including phenoxy) is 1. The van der Waals surface area contributed by atoms with Gasteiger partial charge in [0.25, 0.3) is 0 Å². The molecule has 1 rings (SSSR count). The Morgan fingerprint density at radius 2 is 2.29 bits per heavy atom. The van der Waals surface area contributed by atoms with Gasteiger partial charge in [-0.1, -0.05) is 20.8 Å². The standard InChI is InChI=1S/C11H21NO2/c1-8(2)5-11(3)7-12-6-9(11)10(13)14-4/h8-9,12H,5-7H2,1-4H3. The van der Waals surface area contributed by atoms with E-state index in [1.165, 1.54) is 7.11 Å². The summed E-state index contributed by atoms with van der Waals surface area (Å²) in [7, 11) is 1.47. The first kappa shape index (κ1) is 11.5. The topological polar surface area (TPSA) is 38.3 Å². The summed E-state index contributed by atoms with van der Waals surface area (Å²) in [5, 5.41) is 3.28. The lowest BCUT2D eigenvalue weighted by molar-refractivity contribution is -0.148. The number of nitrogens with one attached hydrogen (secondary N) is 1. The van der Waals surface area contributed by atoms with Crippen molar-refractivity contribution in [3.05, 3.63) is 0 Å². The van der Waals surface area contributed by atoms with Gasteiger partial charge >= 0.3 is 5.97 Å². The van der Waals surface area contributed by atoms with Gasteiger partial charge in [0.1, 0.15) is 0 Å². The molecule has 0 aromatic carbocycles. The monoisotopic (exact) mass is 199 g/mol. The Morgan fingerprint density at radius 1 is 1.64 bits per heavy atom. The second-order valence-corrected chi connectivity index (χ2v) is 4.96. The van der Waals surface area contributed by atoms with Crippen LogP contribution in [-0.2, 0) is 9.53 Å². The number of hydrogen-bond acceptors (Lipinski definition) is 3. The lowest BCUT2D eigenvalue weighted by Gasteiger charge is -2.30. The molecule has 82 valence electrons. The molecule has 0 aromatic rings. The van der Waals surface area contributed by atoms with Crippen LogP contribution in [0.15, 0.2) is 0 Å². The molecule has 1 heterocycles. The molecular formula is C11H21NO2. The Balaban J connectivity index is 2.70. The molecular weight excluding hydrogens is 178 g/mol. The average molecular weight is 199 g/mol. The van der Waals surface area contributed by atoms with E-state index in [4.69, 9.17) is 4.74 Å². The third-order valence-electron chi connectivity index (χ3n) is 3.08. The van der Waals surface area contributed by atoms with E-state index in [9.17, 15) is 4.79 Å². The lowest BCUT2D eigenvalue weighted by atomic mass is 9.74. The molecule has 1 saturated heterocycles. The van der Waals surface area contributed by atoms with Gasteiger partial charge in [0, 0.05) is 13.1 Å². The second-order valence-electron chi connectivity index (χ2n) is 4.96. The highest BCUT2D eigenvalue weighted by Gasteiger charge is 2.43. The number of methoxy groups -OCH3 is 1. The minimum absolute atomic E-state index is 0.0231. The molecule has 3 heteroatoms. The van der Waals surface area contributed by atoms with E-state index in [1.807, 2.05) is 0 Å². The van der Waals surface area contributed by atoms with Crippen LogP contribution in [0.4, 0.5) is 0 Å². The van der Waals surface area contributed by atoms with Crippen LogP contribution in [0, 0.1) is 17.3 Å². The molecule has 2 unspecified atom stereocenters. The summed E-state index contributed by atoms with van der Waals surface area (Å²) in [5.74, 6) is 0.570. The molecule has 0 spiro atoms. The van der Waals surface area contributed by atoms with Crippen LogP contribution in [0.25, 0.3) is 0 Å². The van der Waals surface area contributed by atoms with Gasteiger partial charge in [-0.3, -0.25) is 4.79 Å². The summed E-state index contributed by atoms with van der Waals surface area (Å²) in [4.78, 5) is 11.5. The summed E-state index contributed by atoms with van der Waals surface area (Å²) in [6, 6.07) is 0. The number of carbonyl (C=O) groups excluding carboxylic acids is 1. The summed E-state index contributed by atoms with van der Waals surface area (Å²) in [6.07, 6.45) is 1.07. The first-order valence-corrected chi connectivity index (χ1v) is 5.28. The Kier molecular flexibility index (Phi) is 3.53. The van der Waals surface area contributed by atoms with Gasteiger partial charge in [0.05, 0.1) is 13.0 Å². The quantitative estimate of drug-likeness (QED) is 0.699. The SMILES string of the molecule is COC(=O)C1CNCC1(C)CC(C)C. The summed E-state index contributed by atoms with van der Waals surface area (Å²) < 4.78 is 4.83. The van der Waals surface area contributed by atoms with Gasteiger partial charge in [-0.2, -0.15) is 0 Å². The summed E-state index contributed by atoms with van der Waals surface area (Å²) in [6.45, 7) is 8.24. The van der Waals surface area contributed by atoms with E-state index in [-0.39, 0.29) is 17.3 Å². The van der Waals surface area contributed by atoms with Crippen molar-refractivity contribution in [2.24, 2.45) is 17.3 Å². The number of carbonyl (C=O) groups is 1. The second kappa shape index (κ2) is 4.30. The molecule has 1 aliphatic rings. The van der Waals surface area contributed by atoms with E-state index in [0.29, 0.717) is 5.92 Å². The molecule has 0 amide bonds. The largest absolute Gasteiger partial charge is 0.469 e. The van der Waals surface area contributed by atoms with Crippen molar-refractivity contribution in [2.75, 3.05) is 20.2 Å². The van der Waals surface area contributed by atoms with E-state index in [2.05, 4.69) is 26.1 Å². The van der Waals surface area contributed by atoms with Gasteiger partial charge in [-0.25, -0.2) is 0 Å². The van der Waals surface area contributed by atoms with Crippen LogP contribution in [0.5, 0.6) is 0 Å². The van der Waals surface area contributed by atoms with Crippen LogP contribution in [-0.4, -0.2) is 26.2 Å². The van der Waals surface area contributed by atoms with Crippen LogP contribution < -0.4 is 5.32 Å². The van der Waals surface area contributed by atoms with Crippen LogP contribution in [0.3, 0.4) is 0 Å². The first-order valence-electron chi connectivity index (χ1n) is 5.28. The highest BCUT2D eigenvalue weighted by molar-refractivity contribution is 5.74. The maximum Gasteiger partial charge on any atom is 0.310 e. The number of esters is 1. The lowest BCUT2D eigenvalue weighted by Crippen LogP contribution is -2.34. The maximum absolute atomic E-state index is 11.5. The van der Waals surface area contributed by atoms with E-state index >= 15 is 0 Å². The van der Waals surface area contributed by atoms with Gasteiger partial charge in [-0.05, 0) is 17.8 Å². The van der Waals surface area contributed by atoms with Crippen molar-refractivity contribution in [3.8, 4) is 0 Å². The highest BCUT2D eigenvalue weighted by Crippen LogP contribution is 2.37. The predicted octanol–water partition coefficient (Wildman–Crippen LogP) is 1.43. The van der Waals surface area contributed by atoms with E-state index in [0.717, 1.165) is 19.5 Å². The zero-order valence-corrected chi connectivity index (χ0v) is 9.59. The van der Waals surface area contributed by atoms with Crippen molar-refractivity contribution < 1.29 is 9.53 Å². The molecule has 0 radical (unpaired) electrons. The van der Waals surface area contributed by atoms with Crippen molar-refractivity contribution in [1.82, 2.24) is 5.32 Å². The maximum atomic E-state index is 11.5. The van der Waals surface area contributed by atoms with Crippen LogP contribution in [0.2, 0.25) is 0 Å². The smallest absolute Gasteiger partial charge is 0.310 e. The van der Waals surface area contributed by atoms with Gasteiger partial charge in [-0.15, -0.1) is 0 Å². The first-order chi connectivity index (χ1) is 6.49. The average Bonchev–Trinajstić information content (AvgIpc) is 2.44. The minimum Gasteiger partial charge on any atom is -0.469 e. The summed E-state index contributed by atoms with van der Waals surface area (Å²) in [5.41, 5.74) is 0.0707. The fourth-order valence-electron chi connectivity index (χ4n) is 2.53. The van der Waals surface area contributed by atoms with Crippen LogP contribution in [0.1, 0.15) is 27.2 Å². The molecule has 3 nitrogen and oxygen atoms in total. The predicted molar refractivity (Wildman–Crippen MR) is 55.9 cm³/mol. The zero-order valence-electron chi connectivity index (χ0n) is 9.59. The van der Waals surface area contributed by atoms with Crippen molar-refractivity contribution >= 4 is 5.97 Å². The highest BCUT2D eigenvalue weighted by atomic mass is 16.5. The third kappa shape index (κ3) is 2.27. The van der Waals surface area contributed by atoms with E-state index < -0.39 is 0 Å². The Morgan fingerprint density at radius 3 is 2.79 bits per heavy atom. The number of hydrogen-bond donors (Lipinski definition) is 1. The Bertz CT molecular complexity index is 215. The third-order valence-corrected chi connectivity index (χ3v) is 3.08. The fraction of sp³-hybridized carbons (Fsp3) is 0.909. The Labute approximate surface area is 86.2 Å².